The molecule has 1 rings (SSSR count). The highest BCUT2D eigenvalue weighted by molar-refractivity contribution is 5.91. The van der Waals surface area contributed by atoms with Crippen LogP contribution in [-0.4, -0.2) is 33.3 Å². The minimum Gasteiger partial charge on any atom is -0.508 e. The van der Waals surface area contributed by atoms with Crippen molar-refractivity contribution in [3.05, 3.63) is 46.7 Å². The molecule has 3 N–H and O–H groups in total. The third kappa shape index (κ3) is 6.09. The van der Waals surface area contributed by atoms with Crippen LogP contribution in [0.1, 0.15) is 53.9 Å². The molecule has 0 amide bonds. The Morgan fingerprint density at radius 1 is 1.28 bits per heavy atom. The molecular formula is C20H30O5. The molecule has 5 heteroatoms. The first-order chi connectivity index (χ1) is 11.6. The zero-order valence-electron chi connectivity index (χ0n) is 15.8. The minimum atomic E-state index is -1.90. The number of allylic oxidation sites excluding steroid dienone is 3. The van der Waals surface area contributed by atoms with Crippen LogP contribution in [0.2, 0.25) is 0 Å². The van der Waals surface area contributed by atoms with E-state index in [1.54, 1.807) is 13.8 Å². The molecule has 1 aliphatic rings. The number of carbonyl (C=O) groups excluding carboxylic acids is 1. The summed E-state index contributed by atoms with van der Waals surface area (Å²) in [5, 5.41) is 30.5. The summed E-state index contributed by atoms with van der Waals surface area (Å²) in [6.07, 6.45) is 6.65. The van der Waals surface area contributed by atoms with Crippen molar-refractivity contribution in [3.63, 3.8) is 0 Å². The number of ether oxygens (including phenoxy) is 1. The number of aliphatic hydroxyl groups is 3. The highest BCUT2D eigenvalue weighted by Gasteiger charge is 2.41. The van der Waals surface area contributed by atoms with E-state index < -0.39 is 23.1 Å². The average molecular weight is 350 g/mol. The van der Waals surface area contributed by atoms with Crippen molar-refractivity contribution in [2.45, 2.75) is 59.5 Å². The maximum Gasteiger partial charge on any atom is 0.198 e. The quantitative estimate of drug-likeness (QED) is 0.569. The number of aliphatic hydroxyl groups excluding tert-OH is 2. The predicted octanol–water partition coefficient (Wildman–Crippen LogP) is 4.27. The van der Waals surface area contributed by atoms with Gasteiger partial charge in [-0.15, -0.1) is 0 Å². The van der Waals surface area contributed by atoms with E-state index in [2.05, 4.69) is 19.9 Å². The van der Waals surface area contributed by atoms with Crippen LogP contribution in [0.3, 0.4) is 0 Å². The average Bonchev–Trinajstić information content (AvgIpc) is 2.48. The SMILES string of the molecule is CC(C)=CCC/C(C)=C/COC1=C(O)CC(O)(C(=O)C(C)C)C=C1O. The Labute approximate surface area is 150 Å². The van der Waals surface area contributed by atoms with Crippen molar-refractivity contribution in [3.8, 4) is 0 Å². The minimum absolute atomic E-state index is 0.0884. The van der Waals surface area contributed by atoms with Gasteiger partial charge in [0.25, 0.3) is 0 Å². The van der Waals surface area contributed by atoms with Gasteiger partial charge in [0, 0.05) is 18.4 Å². The molecule has 1 unspecified atom stereocenters. The monoisotopic (exact) mass is 350 g/mol. The molecule has 1 atom stereocenters. The topological polar surface area (TPSA) is 87.0 Å². The van der Waals surface area contributed by atoms with Crippen molar-refractivity contribution in [2.75, 3.05) is 6.61 Å². The van der Waals surface area contributed by atoms with Crippen LogP contribution in [0.4, 0.5) is 0 Å². The van der Waals surface area contributed by atoms with Crippen LogP contribution in [-0.2, 0) is 9.53 Å². The number of Topliss-reactive ketones (excluding diaryl/α,β-unsaturated/α-hetero) is 1. The van der Waals surface area contributed by atoms with E-state index in [0.29, 0.717) is 0 Å². The Morgan fingerprint density at radius 3 is 2.44 bits per heavy atom. The van der Waals surface area contributed by atoms with Crippen molar-refractivity contribution in [1.82, 2.24) is 0 Å². The first-order valence-electron chi connectivity index (χ1n) is 8.59. The van der Waals surface area contributed by atoms with E-state index in [1.807, 2.05) is 13.0 Å². The number of carbonyl (C=O) groups is 1. The van der Waals surface area contributed by atoms with Gasteiger partial charge in [0.15, 0.2) is 22.9 Å². The smallest absolute Gasteiger partial charge is 0.198 e. The lowest BCUT2D eigenvalue weighted by Gasteiger charge is -2.29. The van der Waals surface area contributed by atoms with E-state index in [-0.39, 0.29) is 24.5 Å². The molecule has 0 saturated carbocycles. The van der Waals surface area contributed by atoms with Gasteiger partial charge < -0.3 is 20.1 Å². The van der Waals surface area contributed by atoms with Gasteiger partial charge in [-0.2, -0.15) is 0 Å². The van der Waals surface area contributed by atoms with E-state index in [9.17, 15) is 20.1 Å². The second kappa shape index (κ2) is 8.90. The van der Waals surface area contributed by atoms with Gasteiger partial charge in [-0.25, -0.2) is 0 Å². The molecule has 0 saturated heterocycles. The number of rotatable bonds is 8. The Kier molecular flexibility index (Phi) is 7.49. The van der Waals surface area contributed by atoms with Crippen molar-refractivity contribution in [2.24, 2.45) is 5.92 Å². The molecular weight excluding hydrogens is 320 g/mol. The maximum absolute atomic E-state index is 12.1. The molecule has 0 aliphatic heterocycles. The van der Waals surface area contributed by atoms with Crippen LogP contribution < -0.4 is 0 Å². The van der Waals surface area contributed by atoms with Crippen molar-refractivity contribution < 1.29 is 24.9 Å². The fraction of sp³-hybridized carbons (Fsp3) is 0.550. The molecule has 0 fully saturated rings. The molecule has 5 nitrogen and oxygen atoms in total. The van der Waals surface area contributed by atoms with E-state index in [1.165, 1.54) is 5.57 Å². The number of hydrogen-bond donors (Lipinski definition) is 3. The highest BCUT2D eigenvalue weighted by Crippen LogP contribution is 2.32. The zero-order valence-corrected chi connectivity index (χ0v) is 15.8. The summed E-state index contributed by atoms with van der Waals surface area (Å²) in [5.41, 5.74) is 0.522. The van der Waals surface area contributed by atoms with Gasteiger partial charge in [-0.05, 0) is 39.7 Å². The largest absolute Gasteiger partial charge is 0.508 e. The lowest BCUT2D eigenvalue weighted by Crippen LogP contribution is -2.42. The lowest BCUT2D eigenvalue weighted by atomic mass is 9.83. The molecule has 0 heterocycles. The molecule has 25 heavy (non-hydrogen) atoms. The van der Waals surface area contributed by atoms with E-state index in [0.717, 1.165) is 24.5 Å². The molecule has 1 aliphatic carbocycles. The summed E-state index contributed by atoms with van der Waals surface area (Å²) in [7, 11) is 0. The van der Waals surface area contributed by atoms with Crippen molar-refractivity contribution in [1.29, 1.82) is 0 Å². The summed E-state index contributed by atoms with van der Waals surface area (Å²) in [6, 6.07) is 0. The Morgan fingerprint density at radius 2 is 1.92 bits per heavy atom. The Balaban J connectivity index is 2.70. The molecule has 0 spiro atoms. The summed E-state index contributed by atoms with van der Waals surface area (Å²) < 4.78 is 5.44. The summed E-state index contributed by atoms with van der Waals surface area (Å²) in [5.74, 6) is -1.71. The fourth-order valence-corrected chi connectivity index (χ4v) is 2.60. The standard InChI is InChI=1S/C20H30O5/c1-13(2)7-6-8-15(5)9-10-25-18-16(21)11-20(24,12-17(18)22)19(23)14(3)4/h7,9,11,14,21-22,24H,6,8,10,12H2,1-5H3/b15-9+. The van der Waals surface area contributed by atoms with Gasteiger partial charge in [-0.1, -0.05) is 31.1 Å². The van der Waals surface area contributed by atoms with Gasteiger partial charge in [0.1, 0.15) is 12.4 Å². The van der Waals surface area contributed by atoms with Gasteiger partial charge in [-0.3, -0.25) is 4.79 Å². The van der Waals surface area contributed by atoms with Crippen LogP contribution in [0.15, 0.2) is 46.7 Å². The zero-order chi connectivity index (χ0) is 19.2. The van der Waals surface area contributed by atoms with Crippen molar-refractivity contribution >= 4 is 5.78 Å². The number of hydrogen-bond acceptors (Lipinski definition) is 5. The van der Waals surface area contributed by atoms with Crippen LogP contribution in [0, 0.1) is 5.92 Å². The normalized spacial score (nSPS) is 21.2. The molecule has 0 aromatic carbocycles. The Bertz CT molecular complexity index is 618. The van der Waals surface area contributed by atoms with Crippen LogP contribution >= 0.6 is 0 Å². The second-order valence-electron chi connectivity index (χ2n) is 7.11. The molecule has 0 aromatic heterocycles. The summed E-state index contributed by atoms with van der Waals surface area (Å²) in [4.78, 5) is 12.1. The fourth-order valence-electron chi connectivity index (χ4n) is 2.60. The molecule has 0 aromatic rings. The van der Waals surface area contributed by atoms with Crippen LogP contribution in [0.25, 0.3) is 0 Å². The van der Waals surface area contributed by atoms with E-state index >= 15 is 0 Å². The van der Waals surface area contributed by atoms with Crippen LogP contribution in [0.5, 0.6) is 0 Å². The molecule has 0 radical (unpaired) electrons. The third-order valence-electron chi connectivity index (χ3n) is 4.01. The summed E-state index contributed by atoms with van der Waals surface area (Å²) in [6.45, 7) is 9.60. The Hall–Kier alpha value is -2.01. The van der Waals surface area contributed by atoms with E-state index in [4.69, 9.17) is 4.74 Å². The lowest BCUT2D eigenvalue weighted by molar-refractivity contribution is -0.137. The molecule has 140 valence electrons. The number of ketones is 1. The predicted molar refractivity (Wildman–Crippen MR) is 98.2 cm³/mol. The first kappa shape index (κ1) is 21.0. The first-order valence-corrected chi connectivity index (χ1v) is 8.59. The highest BCUT2D eigenvalue weighted by atomic mass is 16.5. The van der Waals surface area contributed by atoms with Gasteiger partial charge in [0.05, 0.1) is 0 Å². The van der Waals surface area contributed by atoms with Gasteiger partial charge >= 0.3 is 0 Å². The molecule has 0 bridgehead atoms. The second-order valence-corrected chi connectivity index (χ2v) is 7.11. The maximum atomic E-state index is 12.1. The van der Waals surface area contributed by atoms with Gasteiger partial charge in [0.2, 0.25) is 0 Å². The summed E-state index contributed by atoms with van der Waals surface area (Å²) >= 11 is 0. The third-order valence-corrected chi connectivity index (χ3v) is 4.01.